The Hall–Kier alpha value is -2.59. The second-order valence-corrected chi connectivity index (χ2v) is 7.27. The number of esters is 1. The number of likely N-dealkylation sites (N-methyl/N-ethyl adjacent to an activating group) is 1. The van der Waals surface area contributed by atoms with Crippen LogP contribution in [0.5, 0.6) is 5.75 Å². The zero-order valence-corrected chi connectivity index (χ0v) is 15.9. The van der Waals surface area contributed by atoms with Gasteiger partial charge in [-0.25, -0.2) is 4.79 Å². The van der Waals surface area contributed by atoms with Gasteiger partial charge >= 0.3 is 5.97 Å². The van der Waals surface area contributed by atoms with Crippen molar-refractivity contribution in [2.45, 2.75) is 38.0 Å². The van der Waals surface area contributed by atoms with E-state index in [9.17, 15) is 4.79 Å². The van der Waals surface area contributed by atoms with Gasteiger partial charge in [0.1, 0.15) is 12.4 Å². The predicted molar refractivity (Wildman–Crippen MR) is 105 cm³/mol. The van der Waals surface area contributed by atoms with E-state index in [1.165, 1.54) is 7.11 Å². The monoisotopic (exact) mass is 363 g/mol. The Bertz CT molecular complexity index is 859. The van der Waals surface area contributed by atoms with Crippen LogP contribution in [0.4, 0.5) is 0 Å². The minimum absolute atomic E-state index is 0.133. The highest BCUT2D eigenvalue weighted by Gasteiger charge is 2.42. The molecule has 0 amide bonds. The summed E-state index contributed by atoms with van der Waals surface area (Å²) in [5.41, 5.74) is 4.01. The van der Waals surface area contributed by atoms with Crippen molar-refractivity contribution < 1.29 is 14.3 Å². The van der Waals surface area contributed by atoms with Crippen molar-refractivity contribution in [3.05, 3.63) is 71.3 Å². The molecule has 2 aliphatic heterocycles. The van der Waals surface area contributed by atoms with E-state index in [1.54, 1.807) is 0 Å². The molecule has 1 fully saturated rings. The third kappa shape index (κ3) is 3.37. The van der Waals surface area contributed by atoms with E-state index < -0.39 is 0 Å². The van der Waals surface area contributed by atoms with Gasteiger partial charge in [-0.05, 0) is 43.5 Å². The highest BCUT2D eigenvalue weighted by molar-refractivity contribution is 6.00. The molecule has 2 atom stereocenters. The van der Waals surface area contributed by atoms with E-state index >= 15 is 0 Å². The molecular formula is C23H25NO3. The van der Waals surface area contributed by atoms with Crippen LogP contribution >= 0.6 is 0 Å². The lowest BCUT2D eigenvalue weighted by Gasteiger charge is -2.34. The number of hydrogen-bond donors (Lipinski definition) is 0. The van der Waals surface area contributed by atoms with E-state index in [0.29, 0.717) is 12.6 Å². The van der Waals surface area contributed by atoms with Crippen molar-refractivity contribution in [1.29, 1.82) is 0 Å². The van der Waals surface area contributed by atoms with Crippen LogP contribution in [0.1, 0.15) is 30.4 Å². The maximum absolute atomic E-state index is 12.6. The van der Waals surface area contributed by atoms with Crippen LogP contribution in [0.2, 0.25) is 0 Å². The summed E-state index contributed by atoms with van der Waals surface area (Å²) in [5, 5.41) is 0. The van der Waals surface area contributed by atoms with E-state index in [2.05, 4.69) is 30.1 Å². The molecule has 4 nitrogen and oxygen atoms in total. The van der Waals surface area contributed by atoms with Gasteiger partial charge in [0.05, 0.1) is 12.7 Å². The number of carbonyl (C=O) groups excluding carboxylic acids is 1. The molecule has 2 bridgehead atoms. The van der Waals surface area contributed by atoms with E-state index in [0.717, 1.165) is 47.3 Å². The molecule has 0 unspecified atom stereocenters. The Labute approximate surface area is 160 Å². The first-order valence-corrected chi connectivity index (χ1v) is 9.48. The van der Waals surface area contributed by atoms with Crippen LogP contribution in [0, 0.1) is 0 Å². The van der Waals surface area contributed by atoms with Gasteiger partial charge in [0.15, 0.2) is 0 Å². The first-order valence-electron chi connectivity index (χ1n) is 9.48. The summed E-state index contributed by atoms with van der Waals surface area (Å²) in [5.74, 6) is 0.599. The SMILES string of the molecule is COC(=O)C1=C(c2ccccc2OCc2ccccc2)C[C@@H]2CC[C@H]1N2C. The van der Waals surface area contributed by atoms with Gasteiger partial charge < -0.3 is 9.47 Å². The van der Waals surface area contributed by atoms with Gasteiger partial charge in [0.25, 0.3) is 0 Å². The highest BCUT2D eigenvalue weighted by Crippen LogP contribution is 2.44. The summed E-state index contributed by atoms with van der Waals surface area (Å²) < 4.78 is 11.3. The molecule has 4 heteroatoms. The van der Waals surface area contributed by atoms with Crippen molar-refractivity contribution in [2.24, 2.45) is 0 Å². The Morgan fingerprint density at radius 2 is 1.81 bits per heavy atom. The number of methoxy groups -OCH3 is 1. The molecule has 2 aromatic carbocycles. The second-order valence-electron chi connectivity index (χ2n) is 7.27. The van der Waals surface area contributed by atoms with Crippen molar-refractivity contribution in [1.82, 2.24) is 4.90 Å². The van der Waals surface area contributed by atoms with Gasteiger partial charge in [-0.3, -0.25) is 4.90 Å². The number of ether oxygens (including phenoxy) is 2. The molecule has 0 radical (unpaired) electrons. The fraction of sp³-hybridized carbons (Fsp3) is 0.348. The molecule has 2 heterocycles. The Balaban J connectivity index is 1.71. The Morgan fingerprint density at radius 3 is 2.59 bits per heavy atom. The van der Waals surface area contributed by atoms with Gasteiger partial charge in [0, 0.05) is 17.6 Å². The molecule has 0 aliphatic carbocycles. The number of fused-ring (bicyclic) bond motifs is 2. The number of carbonyl (C=O) groups is 1. The zero-order chi connectivity index (χ0) is 18.8. The van der Waals surface area contributed by atoms with E-state index in [1.807, 2.05) is 36.4 Å². The number of benzene rings is 2. The lowest BCUT2D eigenvalue weighted by atomic mass is 9.88. The first-order chi connectivity index (χ1) is 13.2. The topological polar surface area (TPSA) is 38.8 Å². The second kappa shape index (κ2) is 7.57. The lowest BCUT2D eigenvalue weighted by molar-refractivity contribution is -0.136. The highest BCUT2D eigenvalue weighted by atomic mass is 16.5. The average molecular weight is 363 g/mol. The van der Waals surface area contributed by atoms with Gasteiger partial charge in [0.2, 0.25) is 0 Å². The van der Waals surface area contributed by atoms with Crippen LogP contribution in [-0.2, 0) is 16.1 Å². The van der Waals surface area contributed by atoms with Crippen molar-refractivity contribution in [3.63, 3.8) is 0 Å². The molecule has 2 aliphatic rings. The Kier molecular flexibility index (Phi) is 4.99. The van der Waals surface area contributed by atoms with Crippen LogP contribution in [-0.4, -0.2) is 37.1 Å². The number of nitrogens with zero attached hydrogens (tertiary/aromatic N) is 1. The van der Waals surface area contributed by atoms with E-state index in [4.69, 9.17) is 9.47 Å². The smallest absolute Gasteiger partial charge is 0.335 e. The molecule has 27 heavy (non-hydrogen) atoms. The first kappa shape index (κ1) is 17.8. The van der Waals surface area contributed by atoms with E-state index in [-0.39, 0.29) is 12.0 Å². The van der Waals surface area contributed by atoms with Crippen LogP contribution in [0.15, 0.2) is 60.2 Å². The summed E-state index contributed by atoms with van der Waals surface area (Å²) in [6.07, 6.45) is 2.96. The third-order valence-electron chi connectivity index (χ3n) is 5.79. The summed E-state index contributed by atoms with van der Waals surface area (Å²) >= 11 is 0. The third-order valence-corrected chi connectivity index (χ3v) is 5.79. The summed E-state index contributed by atoms with van der Waals surface area (Å²) in [4.78, 5) is 14.9. The van der Waals surface area contributed by atoms with Crippen LogP contribution in [0.25, 0.3) is 5.57 Å². The molecule has 0 aromatic heterocycles. The molecule has 0 N–H and O–H groups in total. The standard InChI is InChI=1S/C23H25NO3/c1-24-17-12-13-20(24)22(23(25)26-2)19(14-17)18-10-6-7-11-21(18)27-15-16-8-4-3-5-9-16/h3-11,17,20H,12-15H2,1-2H3/t17-,20+/m0/s1. The van der Waals surface area contributed by atoms with Gasteiger partial charge in [-0.2, -0.15) is 0 Å². The summed E-state index contributed by atoms with van der Waals surface area (Å²) in [6.45, 7) is 0.505. The maximum atomic E-state index is 12.6. The minimum Gasteiger partial charge on any atom is -0.488 e. The van der Waals surface area contributed by atoms with Crippen molar-refractivity contribution >= 4 is 11.5 Å². The largest absolute Gasteiger partial charge is 0.488 e. The minimum atomic E-state index is -0.222. The van der Waals surface area contributed by atoms with Crippen molar-refractivity contribution in [3.8, 4) is 5.75 Å². The molecule has 140 valence electrons. The van der Waals surface area contributed by atoms with Crippen LogP contribution in [0.3, 0.4) is 0 Å². The predicted octanol–water partition coefficient (Wildman–Crippen LogP) is 4.06. The number of para-hydroxylation sites is 1. The molecule has 2 aromatic rings. The fourth-order valence-corrected chi connectivity index (χ4v) is 4.35. The quantitative estimate of drug-likeness (QED) is 0.751. The molecular weight excluding hydrogens is 338 g/mol. The molecule has 4 rings (SSSR count). The maximum Gasteiger partial charge on any atom is 0.335 e. The molecule has 0 saturated carbocycles. The lowest BCUT2D eigenvalue weighted by Crippen LogP contribution is -2.40. The van der Waals surface area contributed by atoms with Crippen molar-refractivity contribution in [2.75, 3.05) is 14.2 Å². The summed E-state index contributed by atoms with van der Waals surface area (Å²) in [7, 11) is 3.58. The normalized spacial score (nSPS) is 22.0. The van der Waals surface area contributed by atoms with Gasteiger partial charge in [-0.1, -0.05) is 48.5 Å². The molecule has 0 spiro atoms. The fourth-order valence-electron chi connectivity index (χ4n) is 4.35. The number of rotatable bonds is 5. The number of hydrogen-bond acceptors (Lipinski definition) is 4. The zero-order valence-electron chi connectivity index (χ0n) is 15.9. The molecule has 1 saturated heterocycles. The van der Waals surface area contributed by atoms with Gasteiger partial charge in [-0.15, -0.1) is 0 Å². The summed E-state index contributed by atoms with van der Waals surface area (Å²) in [6, 6.07) is 18.8. The Morgan fingerprint density at radius 1 is 1.07 bits per heavy atom. The average Bonchev–Trinajstić information content (AvgIpc) is 2.95. The van der Waals surface area contributed by atoms with Crippen LogP contribution < -0.4 is 4.74 Å².